The van der Waals surface area contributed by atoms with E-state index >= 15 is 0 Å². The van der Waals surface area contributed by atoms with Crippen molar-refractivity contribution in [2.24, 2.45) is 0 Å². The van der Waals surface area contributed by atoms with Crippen LogP contribution >= 0.6 is 23.2 Å². The number of nitrogens with one attached hydrogen (secondary N) is 2. The fourth-order valence-corrected chi connectivity index (χ4v) is 3.48. The molecular formula is C14H14Cl2N2O2S. The second-order valence-corrected chi connectivity index (χ2v) is 6.87. The molecule has 0 radical (unpaired) electrons. The summed E-state index contributed by atoms with van der Waals surface area (Å²) in [6.45, 7) is 0.671. The smallest absolute Gasteiger partial charge is 0.261 e. The molecule has 0 fully saturated rings. The summed E-state index contributed by atoms with van der Waals surface area (Å²) < 4.78 is 27.1. The van der Waals surface area contributed by atoms with Crippen LogP contribution in [0.2, 0.25) is 10.0 Å². The van der Waals surface area contributed by atoms with Crippen molar-refractivity contribution in [1.82, 2.24) is 5.32 Å². The van der Waals surface area contributed by atoms with Crippen LogP contribution in [0.25, 0.3) is 0 Å². The van der Waals surface area contributed by atoms with Crippen molar-refractivity contribution in [1.29, 1.82) is 0 Å². The van der Waals surface area contributed by atoms with Crippen LogP contribution in [-0.4, -0.2) is 15.5 Å². The van der Waals surface area contributed by atoms with Crippen LogP contribution in [0.15, 0.2) is 47.4 Å². The minimum Gasteiger partial charge on any atom is -0.316 e. The second-order valence-electron chi connectivity index (χ2n) is 4.38. The predicted molar refractivity (Wildman–Crippen MR) is 86.5 cm³/mol. The summed E-state index contributed by atoms with van der Waals surface area (Å²) in [4.78, 5) is 0.151. The molecule has 0 aliphatic carbocycles. The molecule has 2 aromatic carbocycles. The van der Waals surface area contributed by atoms with E-state index in [0.29, 0.717) is 6.54 Å². The van der Waals surface area contributed by atoms with Gasteiger partial charge in [-0.3, -0.25) is 4.72 Å². The van der Waals surface area contributed by atoms with Crippen LogP contribution in [0, 0.1) is 0 Å². The van der Waals surface area contributed by atoms with Gasteiger partial charge in [0.15, 0.2) is 0 Å². The van der Waals surface area contributed by atoms with Gasteiger partial charge in [-0.25, -0.2) is 8.42 Å². The van der Waals surface area contributed by atoms with Gasteiger partial charge in [0.1, 0.15) is 0 Å². The number of anilines is 1. The van der Waals surface area contributed by atoms with Crippen LogP contribution in [0.3, 0.4) is 0 Å². The lowest BCUT2D eigenvalue weighted by Gasteiger charge is -2.11. The van der Waals surface area contributed by atoms with Crippen molar-refractivity contribution in [3.8, 4) is 0 Å². The second kappa shape index (κ2) is 6.66. The zero-order chi connectivity index (χ0) is 15.5. The highest BCUT2D eigenvalue weighted by atomic mass is 35.5. The van der Waals surface area contributed by atoms with Gasteiger partial charge in [-0.2, -0.15) is 0 Å². The van der Waals surface area contributed by atoms with E-state index < -0.39 is 10.0 Å². The maximum atomic E-state index is 12.3. The van der Waals surface area contributed by atoms with E-state index in [9.17, 15) is 8.42 Å². The monoisotopic (exact) mass is 344 g/mol. The maximum Gasteiger partial charge on any atom is 0.261 e. The summed E-state index contributed by atoms with van der Waals surface area (Å²) in [5.74, 6) is 0. The van der Waals surface area contributed by atoms with E-state index in [0.717, 1.165) is 5.56 Å². The van der Waals surface area contributed by atoms with Crippen molar-refractivity contribution in [3.05, 3.63) is 58.1 Å². The summed E-state index contributed by atoms with van der Waals surface area (Å²) >= 11 is 11.9. The quantitative estimate of drug-likeness (QED) is 0.872. The highest BCUT2D eigenvalue weighted by Gasteiger charge is 2.17. The molecule has 112 valence electrons. The largest absolute Gasteiger partial charge is 0.316 e. The summed E-state index contributed by atoms with van der Waals surface area (Å²) in [6.07, 6.45) is 0. The molecule has 0 aromatic heterocycles. The fraction of sp³-hybridized carbons (Fsp3) is 0.143. The van der Waals surface area contributed by atoms with Crippen LogP contribution in [-0.2, 0) is 16.6 Å². The first-order valence-electron chi connectivity index (χ1n) is 6.14. The SMILES string of the molecule is CNCc1ccc(S(=O)(=O)Nc2c(Cl)cccc2Cl)cc1. The zero-order valence-corrected chi connectivity index (χ0v) is 13.6. The van der Waals surface area contributed by atoms with Gasteiger partial charge in [0.25, 0.3) is 10.0 Å². The van der Waals surface area contributed by atoms with Gasteiger partial charge in [-0.1, -0.05) is 41.4 Å². The third-order valence-electron chi connectivity index (χ3n) is 2.81. The minimum absolute atomic E-state index is 0.151. The third kappa shape index (κ3) is 3.89. The molecule has 2 aromatic rings. The topological polar surface area (TPSA) is 58.2 Å². The molecule has 0 bridgehead atoms. The van der Waals surface area contributed by atoms with Gasteiger partial charge < -0.3 is 5.32 Å². The Balaban J connectivity index is 2.30. The number of sulfonamides is 1. The molecule has 0 atom stereocenters. The van der Waals surface area contributed by atoms with E-state index in [-0.39, 0.29) is 20.6 Å². The van der Waals surface area contributed by atoms with Crippen molar-refractivity contribution >= 4 is 38.9 Å². The average Bonchev–Trinajstić information content (AvgIpc) is 2.44. The molecule has 7 heteroatoms. The minimum atomic E-state index is -3.73. The Morgan fingerprint density at radius 1 is 1.00 bits per heavy atom. The van der Waals surface area contributed by atoms with E-state index in [4.69, 9.17) is 23.2 Å². The zero-order valence-electron chi connectivity index (χ0n) is 11.2. The Morgan fingerprint density at radius 2 is 1.57 bits per heavy atom. The highest BCUT2D eigenvalue weighted by molar-refractivity contribution is 7.92. The molecule has 0 heterocycles. The molecule has 0 amide bonds. The van der Waals surface area contributed by atoms with Crippen LogP contribution in [0.1, 0.15) is 5.56 Å². The van der Waals surface area contributed by atoms with E-state index in [1.807, 2.05) is 7.05 Å². The van der Waals surface area contributed by atoms with Crippen LogP contribution in [0.4, 0.5) is 5.69 Å². The van der Waals surface area contributed by atoms with Crippen molar-refractivity contribution in [2.75, 3.05) is 11.8 Å². The van der Waals surface area contributed by atoms with Gasteiger partial charge >= 0.3 is 0 Å². The molecule has 0 unspecified atom stereocenters. The van der Waals surface area contributed by atoms with Gasteiger partial charge in [-0.15, -0.1) is 0 Å². The Labute approximate surface area is 134 Å². The highest BCUT2D eigenvalue weighted by Crippen LogP contribution is 2.31. The van der Waals surface area contributed by atoms with Gasteiger partial charge in [0, 0.05) is 6.54 Å². The van der Waals surface area contributed by atoms with Crippen molar-refractivity contribution in [2.45, 2.75) is 11.4 Å². The summed E-state index contributed by atoms with van der Waals surface area (Å²) in [5.41, 5.74) is 1.17. The Morgan fingerprint density at radius 3 is 2.10 bits per heavy atom. The Hall–Kier alpha value is -1.27. The molecular weight excluding hydrogens is 331 g/mol. The number of hydrogen-bond acceptors (Lipinski definition) is 3. The molecule has 0 aliphatic heterocycles. The number of benzene rings is 2. The normalized spacial score (nSPS) is 11.4. The summed E-state index contributed by atoms with van der Waals surface area (Å²) in [5, 5.41) is 3.49. The number of para-hydroxylation sites is 1. The van der Waals surface area contributed by atoms with E-state index in [1.54, 1.807) is 42.5 Å². The molecule has 2 rings (SSSR count). The molecule has 0 saturated carbocycles. The van der Waals surface area contributed by atoms with E-state index in [1.165, 1.54) is 0 Å². The Bertz CT molecular complexity index is 711. The average molecular weight is 345 g/mol. The molecule has 0 saturated heterocycles. The first-order chi connectivity index (χ1) is 9.94. The number of halogens is 2. The number of hydrogen-bond donors (Lipinski definition) is 2. The van der Waals surface area contributed by atoms with Gasteiger partial charge in [0.2, 0.25) is 0 Å². The van der Waals surface area contributed by atoms with Crippen molar-refractivity contribution in [3.63, 3.8) is 0 Å². The maximum absolute atomic E-state index is 12.3. The molecule has 4 nitrogen and oxygen atoms in total. The first kappa shape index (κ1) is 16.1. The Kier molecular flexibility index (Phi) is 5.11. The van der Waals surface area contributed by atoms with Gasteiger partial charge in [-0.05, 0) is 36.9 Å². The van der Waals surface area contributed by atoms with Crippen molar-refractivity contribution < 1.29 is 8.42 Å². The standard InChI is InChI=1S/C14H14Cl2N2O2S/c1-17-9-10-5-7-11(8-6-10)21(19,20)18-14-12(15)3-2-4-13(14)16/h2-8,17-18H,9H2,1H3. The molecule has 21 heavy (non-hydrogen) atoms. The number of rotatable bonds is 5. The van der Waals surface area contributed by atoms with E-state index in [2.05, 4.69) is 10.0 Å². The fourth-order valence-electron chi connectivity index (χ4n) is 1.78. The van der Waals surface area contributed by atoms with Crippen LogP contribution in [0.5, 0.6) is 0 Å². The first-order valence-corrected chi connectivity index (χ1v) is 8.38. The third-order valence-corrected chi connectivity index (χ3v) is 4.81. The lowest BCUT2D eigenvalue weighted by Crippen LogP contribution is -2.14. The van der Waals surface area contributed by atoms with Crippen LogP contribution < -0.4 is 10.0 Å². The molecule has 0 spiro atoms. The molecule has 0 aliphatic rings. The summed E-state index contributed by atoms with van der Waals surface area (Å²) in [6, 6.07) is 11.4. The van der Waals surface area contributed by atoms with Gasteiger partial charge in [0.05, 0.1) is 20.6 Å². The summed E-state index contributed by atoms with van der Waals surface area (Å²) in [7, 11) is -1.90. The lowest BCUT2D eigenvalue weighted by molar-refractivity contribution is 0.601. The predicted octanol–water partition coefficient (Wildman–Crippen LogP) is 3.51. The molecule has 2 N–H and O–H groups in total. The lowest BCUT2D eigenvalue weighted by atomic mass is 10.2.